The second-order valence-electron chi connectivity index (χ2n) is 4.15. The van der Waals surface area contributed by atoms with Crippen molar-refractivity contribution in [2.75, 3.05) is 5.32 Å². The van der Waals surface area contributed by atoms with Gasteiger partial charge in [0.1, 0.15) is 34.6 Å². The topological polar surface area (TPSA) is 122 Å². The van der Waals surface area contributed by atoms with E-state index >= 15 is 0 Å². The lowest BCUT2D eigenvalue weighted by atomic mass is 10.4. The van der Waals surface area contributed by atoms with Crippen molar-refractivity contribution < 1.29 is 4.92 Å². The molecule has 3 aromatic rings. The lowest BCUT2D eigenvalue weighted by Crippen LogP contribution is -2.03. The fraction of sp³-hybridized carbons (Fsp3) is 0. The molecule has 108 valence electrons. The molecule has 0 aromatic carbocycles. The van der Waals surface area contributed by atoms with Crippen LogP contribution in [0.4, 0.5) is 17.3 Å². The molecule has 0 saturated heterocycles. The standard InChI is InChI=1S/C12H6ClN7O2/c13-9-3-11(19-12(17-9)7(4-14)5-16-19)18-10-2-1-8(6-15-10)20(21)22/h1-3,5-6H,(H,15,18). The zero-order valence-electron chi connectivity index (χ0n) is 10.8. The van der Waals surface area contributed by atoms with Crippen LogP contribution in [0, 0.1) is 21.4 Å². The third-order valence-corrected chi connectivity index (χ3v) is 2.97. The van der Waals surface area contributed by atoms with E-state index in [4.69, 9.17) is 16.9 Å². The smallest absolute Gasteiger partial charge is 0.287 e. The highest BCUT2D eigenvalue weighted by Crippen LogP contribution is 2.22. The van der Waals surface area contributed by atoms with E-state index in [1.807, 2.05) is 6.07 Å². The number of fused-ring (bicyclic) bond motifs is 1. The van der Waals surface area contributed by atoms with Gasteiger partial charge in [0, 0.05) is 12.1 Å². The van der Waals surface area contributed by atoms with Crippen molar-refractivity contribution in [2.24, 2.45) is 0 Å². The predicted octanol–water partition coefficient (Wildman–Crippen LogP) is 2.30. The minimum atomic E-state index is -0.537. The quantitative estimate of drug-likeness (QED) is 0.447. The van der Waals surface area contributed by atoms with Crippen molar-refractivity contribution in [1.29, 1.82) is 5.26 Å². The van der Waals surface area contributed by atoms with Gasteiger partial charge < -0.3 is 5.32 Å². The zero-order chi connectivity index (χ0) is 15.7. The summed E-state index contributed by atoms with van der Waals surface area (Å²) in [5.41, 5.74) is 0.468. The summed E-state index contributed by atoms with van der Waals surface area (Å²) >= 11 is 5.93. The molecule has 3 heterocycles. The van der Waals surface area contributed by atoms with E-state index in [0.29, 0.717) is 17.3 Å². The Kier molecular flexibility index (Phi) is 3.28. The average Bonchev–Trinajstić information content (AvgIpc) is 2.90. The molecule has 0 aliphatic heterocycles. The summed E-state index contributed by atoms with van der Waals surface area (Å²) in [6.45, 7) is 0. The number of anilines is 2. The van der Waals surface area contributed by atoms with Crippen molar-refractivity contribution in [3.8, 4) is 6.07 Å². The molecule has 0 unspecified atom stereocenters. The lowest BCUT2D eigenvalue weighted by molar-refractivity contribution is -0.385. The van der Waals surface area contributed by atoms with E-state index in [2.05, 4.69) is 20.4 Å². The second-order valence-corrected chi connectivity index (χ2v) is 4.54. The first kappa shape index (κ1) is 13.7. The summed E-state index contributed by atoms with van der Waals surface area (Å²) in [7, 11) is 0. The van der Waals surface area contributed by atoms with Gasteiger partial charge in [0.2, 0.25) is 0 Å². The third kappa shape index (κ3) is 2.38. The number of hydrogen-bond donors (Lipinski definition) is 1. The maximum Gasteiger partial charge on any atom is 0.287 e. The number of nitrogens with zero attached hydrogens (tertiary/aromatic N) is 6. The normalized spacial score (nSPS) is 10.4. The lowest BCUT2D eigenvalue weighted by Gasteiger charge is -2.07. The average molecular weight is 316 g/mol. The third-order valence-electron chi connectivity index (χ3n) is 2.78. The van der Waals surface area contributed by atoms with Crippen LogP contribution in [0.1, 0.15) is 5.56 Å². The Bertz CT molecular complexity index is 914. The van der Waals surface area contributed by atoms with Crippen LogP contribution in [0.3, 0.4) is 0 Å². The summed E-state index contributed by atoms with van der Waals surface area (Å²) in [5, 5.41) is 26.7. The van der Waals surface area contributed by atoms with Crippen LogP contribution in [0.25, 0.3) is 5.65 Å². The first-order valence-corrected chi connectivity index (χ1v) is 6.28. The molecule has 0 radical (unpaired) electrons. The molecule has 0 fully saturated rings. The van der Waals surface area contributed by atoms with Gasteiger partial charge in [-0.15, -0.1) is 0 Å². The van der Waals surface area contributed by atoms with Gasteiger partial charge in [0.05, 0.1) is 11.1 Å². The largest absolute Gasteiger partial charge is 0.325 e. The van der Waals surface area contributed by atoms with Crippen molar-refractivity contribution >= 4 is 34.6 Å². The Balaban J connectivity index is 2.02. The number of nitriles is 1. The van der Waals surface area contributed by atoms with Gasteiger partial charge in [0.15, 0.2) is 5.65 Å². The van der Waals surface area contributed by atoms with Gasteiger partial charge in [-0.1, -0.05) is 11.6 Å². The fourth-order valence-electron chi connectivity index (χ4n) is 1.80. The van der Waals surface area contributed by atoms with Gasteiger partial charge in [-0.2, -0.15) is 14.9 Å². The molecule has 0 saturated carbocycles. The first-order chi connectivity index (χ1) is 10.6. The molecule has 1 N–H and O–H groups in total. The molecule has 0 spiro atoms. The number of hydrogen-bond acceptors (Lipinski definition) is 7. The molecule has 0 bridgehead atoms. The number of nitrogens with one attached hydrogen (secondary N) is 1. The number of aromatic nitrogens is 4. The number of pyridine rings is 1. The van der Waals surface area contributed by atoms with Crippen LogP contribution in [-0.4, -0.2) is 24.5 Å². The molecule has 0 amide bonds. The zero-order valence-corrected chi connectivity index (χ0v) is 11.5. The molecule has 3 aromatic heterocycles. The van der Waals surface area contributed by atoms with Gasteiger partial charge in [0.25, 0.3) is 5.69 Å². The van der Waals surface area contributed by atoms with Crippen LogP contribution in [0.15, 0.2) is 30.6 Å². The minimum Gasteiger partial charge on any atom is -0.325 e. The van der Waals surface area contributed by atoms with Crippen molar-refractivity contribution in [2.45, 2.75) is 0 Å². The highest BCUT2D eigenvalue weighted by Gasteiger charge is 2.12. The SMILES string of the molecule is N#Cc1cnn2c(Nc3ccc([N+](=O)[O-])cn3)cc(Cl)nc12. The number of rotatable bonds is 3. The maximum absolute atomic E-state index is 10.6. The van der Waals surface area contributed by atoms with E-state index < -0.39 is 4.92 Å². The van der Waals surface area contributed by atoms with Gasteiger partial charge in [-0.05, 0) is 6.07 Å². The van der Waals surface area contributed by atoms with Gasteiger partial charge >= 0.3 is 0 Å². The van der Waals surface area contributed by atoms with Crippen molar-refractivity contribution in [3.05, 3.63) is 51.4 Å². The minimum absolute atomic E-state index is 0.116. The number of halogens is 1. The summed E-state index contributed by atoms with van der Waals surface area (Å²) < 4.78 is 1.40. The highest BCUT2D eigenvalue weighted by molar-refractivity contribution is 6.29. The van der Waals surface area contributed by atoms with Crippen LogP contribution >= 0.6 is 11.6 Å². The van der Waals surface area contributed by atoms with Crippen LogP contribution in [-0.2, 0) is 0 Å². The second kappa shape index (κ2) is 5.27. The summed E-state index contributed by atoms with van der Waals surface area (Å²) in [4.78, 5) is 18.0. The van der Waals surface area contributed by atoms with Gasteiger partial charge in [-0.3, -0.25) is 10.1 Å². The van der Waals surface area contributed by atoms with Crippen LogP contribution in [0.2, 0.25) is 5.15 Å². The molecular weight excluding hydrogens is 310 g/mol. The van der Waals surface area contributed by atoms with Crippen molar-refractivity contribution in [1.82, 2.24) is 19.6 Å². The Morgan fingerprint density at radius 1 is 1.41 bits per heavy atom. The number of nitro groups is 1. The predicted molar refractivity (Wildman–Crippen MR) is 76.9 cm³/mol. The summed E-state index contributed by atoms with van der Waals surface area (Å²) in [6, 6.07) is 6.24. The first-order valence-electron chi connectivity index (χ1n) is 5.90. The molecular formula is C12H6ClN7O2. The Hall–Kier alpha value is -3.25. The van der Waals surface area contributed by atoms with Crippen LogP contribution < -0.4 is 5.32 Å². The monoisotopic (exact) mass is 315 g/mol. The molecule has 0 aliphatic rings. The Morgan fingerprint density at radius 3 is 2.86 bits per heavy atom. The highest BCUT2D eigenvalue weighted by atomic mass is 35.5. The van der Waals surface area contributed by atoms with E-state index in [-0.39, 0.29) is 16.4 Å². The van der Waals surface area contributed by atoms with E-state index in [1.165, 1.54) is 28.9 Å². The molecule has 10 heteroatoms. The van der Waals surface area contributed by atoms with E-state index in [1.54, 1.807) is 0 Å². The fourth-order valence-corrected chi connectivity index (χ4v) is 1.98. The van der Waals surface area contributed by atoms with Gasteiger partial charge in [-0.25, -0.2) is 9.97 Å². The van der Waals surface area contributed by atoms with Crippen molar-refractivity contribution in [3.63, 3.8) is 0 Å². The summed E-state index contributed by atoms with van der Waals surface area (Å²) in [5.74, 6) is 0.793. The molecule has 0 aliphatic carbocycles. The maximum atomic E-state index is 10.6. The van der Waals surface area contributed by atoms with Crippen LogP contribution in [0.5, 0.6) is 0 Å². The Labute approximate surface area is 127 Å². The molecule has 0 atom stereocenters. The van der Waals surface area contributed by atoms with E-state index in [0.717, 1.165) is 6.20 Å². The Morgan fingerprint density at radius 2 is 2.23 bits per heavy atom. The summed E-state index contributed by atoms with van der Waals surface area (Å²) in [6.07, 6.45) is 2.50. The van der Waals surface area contributed by atoms with E-state index in [9.17, 15) is 10.1 Å². The molecule has 3 rings (SSSR count). The molecule has 9 nitrogen and oxygen atoms in total. The molecule has 22 heavy (non-hydrogen) atoms.